The van der Waals surface area contributed by atoms with E-state index in [0.717, 1.165) is 18.6 Å². The molecule has 1 aromatic heterocycles. The predicted octanol–water partition coefficient (Wildman–Crippen LogP) is 3.28. The summed E-state index contributed by atoms with van der Waals surface area (Å²) in [5, 5.41) is 5.60. The highest BCUT2D eigenvalue weighted by Crippen LogP contribution is 2.07. The van der Waals surface area contributed by atoms with Crippen LogP contribution in [0.25, 0.3) is 0 Å². The monoisotopic (exact) mass is 304 g/mol. The van der Waals surface area contributed by atoms with Crippen molar-refractivity contribution >= 4 is 6.03 Å². The van der Waals surface area contributed by atoms with Gasteiger partial charge in [-0.3, -0.25) is 0 Å². The van der Waals surface area contributed by atoms with Crippen molar-refractivity contribution < 1.29 is 13.6 Å². The van der Waals surface area contributed by atoms with Crippen molar-refractivity contribution in [3.8, 4) is 0 Å². The first kappa shape index (κ1) is 16.1. The molecule has 2 rings (SSSR count). The molecule has 5 heteroatoms. The van der Waals surface area contributed by atoms with Gasteiger partial charge < -0.3 is 15.1 Å². The van der Waals surface area contributed by atoms with Crippen molar-refractivity contribution in [2.45, 2.75) is 32.2 Å². The number of halogens is 1. The maximum Gasteiger partial charge on any atom is 0.315 e. The topological polar surface area (TPSA) is 54.3 Å². The Morgan fingerprint density at radius 1 is 1.23 bits per heavy atom. The minimum absolute atomic E-state index is 0.0403. The number of urea groups is 1. The Morgan fingerprint density at radius 2 is 2.05 bits per heavy atom. The second kappa shape index (κ2) is 8.22. The van der Waals surface area contributed by atoms with Crippen molar-refractivity contribution in [2.75, 3.05) is 6.54 Å². The molecule has 0 fully saturated rings. The van der Waals surface area contributed by atoms with Crippen LogP contribution >= 0.6 is 0 Å². The highest BCUT2D eigenvalue weighted by atomic mass is 19.1. The van der Waals surface area contributed by atoms with Crippen LogP contribution in [0.2, 0.25) is 0 Å². The van der Waals surface area contributed by atoms with Crippen LogP contribution in [0, 0.1) is 5.82 Å². The molecule has 0 radical (unpaired) electrons. The molecule has 0 bridgehead atoms. The molecule has 0 aliphatic heterocycles. The van der Waals surface area contributed by atoms with Gasteiger partial charge in [-0.25, -0.2) is 9.18 Å². The lowest BCUT2D eigenvalue weighted by Gasteiger charge is -2.14. The van der Waals surface area contributed by atoms with E-state index >= 15 is 0 Å². The molecule has 1 heterocycles. The number of benzene rings is 1. The van der Waals surface area contributed by atoms with Gasteiger partial charge in [-0.2, -0.15) is 0 Å². The molecule has 1 aromatic carbocycles. The summed E-state index contributed by atoms with van der Waals surface area (Å²) in [6, 6.07) is 10.2. The maximum atomic E-state index is 13.4. The molecular formula is C17H21FN2O2. The van der Waals surface area contributed by atoms with Gasteiger partial charge in [-0.15, -0.1) is 0 Å². The van der Waals surface area contributed by atoms with Crippen LogP contribution in [0.4, 0.5) is 9.18 Å². The largest absolute Gasteiger partial charge is 0.469 e. The first-order chi connectivity index (χ1) is 10.6. The predicted molar refractivity (Wildman–Crippen MR) is 83.1 cm³/mol. The van der Waals surface area contributed by atoms with E-state index in [4.69, 9.17) is 4.42 Å². The van der Waals surface area contributed by atoms with Crippen molar-refractivity contribution in [1.82, 2.24) is 10.6 Å². The number of nitrogens with one attached hydrogen (secondary N) is 2. The highest BCUT2D eigenvalue weighted by molar-refractivity contribution is 5.74. The number of carbonyl (C=O) groups excluding carboxylic acids is 1. The Balaban J connectivity index is 1.64. The van der Waals surface area contributed by atoms with Crippen molar-refractivity contribution in [2.24, 2.45) is 0 Å². The smallest absolute Gasteiger partial charge is 0.315 e. The minimum atomic E-state index is -0.239. The molecule has 0 saturated heterocycles. The zero-order valence-electron chi connectivity index (χ0n) is 12.6. The van der Waals surface area contributed by atoms with Gasteiger partial charge in [0.2, 0.25) is 0 Å². The van der Waals surface area contributed by atoms with Gasteiger partial charge >= 0.3 is 6.03 Å². The van der Waals surface area contributed by atoms with Crippen LogP contribution in [-0.4, -0.2) is 18.6 Å². The first-order valence-corrected chi connectivity index (χ1v) is 7.45. The van der Waals surface area contributed by atoms with Crippen LogP contribution in [-0.2, 0) is 12.8 Å². The van der Waals surface area contributed by atoms with E-state index in [2.05, 4.69) is 10.6 Å². The summed E-state index contributed by atoms with van der Waals surface area (Å²) in [5.74, 6) is 0.671. The van der Waals surface area contributed by atoms with E-state index in [-0.39, 0.29) is 17.9 Å². The number of amides is 2. The van der Waals surface area contributed by atoms with Gasteiger partial charge in [0, 0.05) is 19.0 Å². The molecule has 0 spiro atoms. The van der Waals surface area contributed by atoms with E-state index in [1.165, 1.54) is 6.07 Å². The maximum absolute atomic E-state index is 13.4. The van der Waals surface area contributed by atoms with E-state index in [1.54, 1.807) is 24.5 Å². The Labute approximate surface area is 129 Å². The number of aryl methyl sites for hydroxylation is 1. The Kier molecular flexibility index (Phi) is 6.01. The standard InChI is InChI=1S/C17H21FN2O2/c1-13(8-9-15-6-4-12-22-15)20-17(21)19-11-10-14-5-2-3-7-16(14)18/h2-7,12-13H,8-11H2,1H3,(H2,19,20,21). The number of hydrogen-bond donors (Lipinski definition) is 2. The van der Waals surface area contributed by atoms with Crippen LogP contribution < -0.4 is 10.6 Å². The lowest BCUT2D eigenvalue weighted by Crippen LogP contribution is -2.41. The van der Waals surface area contributed by atoms with E-state index in [9.17, 15) is 9.18 Å². The summed E-state index contributed by atoms with van der Waals surface area (Å²) in [7, 11) is 0. The molecule has 2 N–H and O–H groups in total. The van der Waals surface area contributed by atoms with E-state index in [1.807, 2.05) is 19.1 Å². The SMILES string of the molecule is CC(CCc1ccco1)NC(=O)NCCc1ccccc1F. The second-order valence-corrected chi connectivity index (χ2v) is 5.26. The third-order valence-corrected chi connectivity index (χ3v) is 3.42. The molecule has 0 aliphatic rings. The summed E-state index contributed by atoms with van der Waals surface area (Å²) in [4.78, 5) is 11.8. The number of rotatable bonds is 7. The first-order valence-electron chi connectivity index (χ1n) is 7.45. The van der Waals surface area contributed by atoms with Crippen LogP contribution in [0.3, 0.4) is 0 Å². The lowest BCUT2D eigenvalue weighted by molar-refractivity contribution is 0.237. The molecule has 1 unspecified atom stereocenters. The number of hydrogen-bond acceptors (Lipinski definition) is 2. The fourth-order valence-electron chi connectivity index (χ4n) is 2.17. The quantitative estimate of drug-likeness (QED) is 0.825. The summed E-state index contributed by atoms with van der Waals surface area (Å²) in [5.41, 5.74) is 0.605. The molecule has 1 atom stereocenters. The molecule has 118 valence electrons. The van der Waals surface area contributed by atoms with E-state index in [0.29, 0.717) is 18.5 Å². The lowest BCUT2D eigenvalue weighted by atomic mass is 10.1. The molecule has 2 aromatic rings. The number of furan rings is 1. The fourth-order valence-corrected chi connectivity index (χ4v) is 2.17. The van der Waals surface area contributed by atoms with Crippen molar-refractivity contribution in [3.05, 3.63) is 59.8 Å². The van der Waals surface area contributed by atoms with E-state index < -0.39 is 0 Å². The number of carbonyl (C=O) groups is 1. The molecular weight excluding hydrogens is 283 g/mol. The molecule has 0 saturated carbocycles. The Bertz CT molecular complexity index is 584. The fraction of sp³-hybridized carbons (Fsp3) is 0.353. The third kappa shape index (κ3) is 5.24. The van der Waals surface area contributed by atoms with Gasteiger partial charge in [-0.1, -0.05) is 18.2 Å². The molecule has 0 aliphatic carbocycles. The van der Waals surface area contributed by atoms with Gasteiger partial charge in [0.05, 0.1) is 6.26 Å². The van der Waals surface area contributed by atoms with Crippen LogP contribution in [0.1, 0.15) is 24.7 Å². The normalized spacial score (nSPS) is 11.9. The highest BCUT2D eigenvalue weighted by Gasteiger charge is 2.08. The molecule has 22 heavy (non-hydrogen) atoms. The summed E-state index contributed by atoms with van der Waals surface area (Å²) in [6.07, 6.45) is 3.70. The Hall–Kier alpha value is -2.30. The summed E-state index contributed by atoms with van der Waals surface area (Å²) in [6.45, 7) is 2.34. The van der Waals surface area contributed by atoms with Crippen molar-refractivity contribution in [3.63, 3.8) is 0 Å². The van der Waals surface area contributed by atoms with Crippen molar-refractivity contribution in [1.29, 1.82) is 0 Å². The third-order valence-electron chi connectivity index (χ3n) is 3.42. The average molecular weight is 304 g/mol. The molecule has 4 nitrogen and oxygen atoms in total. The van der Waals surface area contributed by atoms with Crippen LogP contribution in [0.15, 0.2) is 47.1 Å². The van der Waals surface area contributed by atoms with Gasteiger partial charge in [0.15, 0.2) is 0 Å². The van der Waals surface area contributed by atoms with Crippen LogP contribution in [0.5, 0.6) is 0 Å². The summed E-state index contributed by atoms with van der Waals surface area (Å²) >= 11 is 0. The zero-order valence-corrected chi connectivity index (χ0v) is 12.6. The second-order valence-electron chi connectivity index (χ2n) is 5.26. The van der Waals surface area contributed by atoms with Gasteiger partial charge in [-0.05, 0) is 43.5 Å². The zero-order chi connectivity index (χ0) is 15.8. The van der Waals surface area contributed by atoms with Gasteiger partial charge in [0.25, 0.3) is 0 Å². The van der Waals surface area contributed by atoms with Gasteiger partial charge in [0.1, 0.15) is 11.6 Å². The average Bonchev–Trinajstić information content (AvgIpc) is 3.00. The summed E-state index contributed by atoms with van der Waals surface area (Å²) < 4.78 is 18.7. The Morgan fingerprint density at radius 3 is 2.77 bits per heavy atom. The molecule has 2 amide bonds. The minimum Gasteiger partial charge on any atom is -0.469 e.